The molecule has 1 rings (SSSR count). The highest BCUT2D eigenvalue weighted by Gasteiger charge is 2.12. The molecule has 6 nitrogen and oxygen atoms in total. The van der Waals surface area contributed by atoms with E-state index < -0.39 is 5.97 Å². The van der Waals surface area contributed by atoms with Crippen molar-refractivity contribution in [3.05, 3.63) is 11.3 Å². The Kier molecular flexibility index (Phi) is 2.85. The highest BCUT2D eigenvalue weighted by molar-refractivity contribution is 5.72. The number of nitrogens with two attached hydrogens (primary N) is 2. The Morgan fingerprint density at radius 1 is 1.43 bits per heavy atom. The SMILES string of the molecule is CCc1nc(N)nc(N)c1CC(=O)O. The molecule has 0 saturated carbocycles. The molecule has 0 fully saturated rings. The molecule has 14 heavy (non-hydrogen) atoms. The molecule has 1 aromatic rings. The van der Waals surface area contributed by atoms with Gasteiger partial charge >= 0.3 is 5.97 Å². The molecule has 6 heteroatoms. The number of hydrogen-bond donors (Lipinski definition) is 3. The number of hydrogen-bond acceptors (Lipinski definition) is 5. The summed E-state index contributed by atoms with van der Waals surface area (Å²) < 4.78 is 0. The molecule has 1 aromatic heterocycles. The lowest BCUT2D eigenvalue weighted by atomic mass is 10.1. The highest BCUT2D eigenvalue weighted by atomic mass is 16.4. The first-order chi connectivity index (χ1) is 6.54. The first-order valence-corrected chi connectivity index (χ1v) is 4.17. The molecule has 0 spiro atoms. The minimum absolute atomic E-state index is 0.0773. The number of aromatic nitrogens is 2. The smallest absolute Gasteiger partial charge is 0.308 e. The second-order valence-corrected chi connectivity index (χ2v) is 2.82. The van der Waals surface area contributed by atoms with Crippen LogP contribution >= 0.6 is 0 Å². The van der Waals surface area contributed by atoms with Crippen LogP contribution in [0.4, 0.5) is 11.8 Å². The number of anilines is 2. The van der Waals surface area contributed by atoms with E-state index in [0.717, 1.165) is 0 Å². The maximum absolute atomic E-state index is 10.5. The molecular weight excluding hydrogens is 184 g/mol. The van der Waals surface area contributed by atoms with Gasteiger partial charge < -0.3 is 16.6 Å². The topological polar surface area (TPSA) is 115 Å². The lowest BCUT2D eigenvalue weighted by Gasteiger charge is -2.07. The van der Waals surface area contributed by atoms with Crippen molar-refractivity contribution in [1.29, 1.82) is 0 Å². The summed E-state index contributed by atoms with van der Waals surface area (Å²) in [6, 6.07) is 0. The van der Waals surface area contributed by atoms with Crippen LogP contribution in [0.25, 0.3) is 0 Å². The molecule has 0 bridgehead atoms. The van der Waals surface area contributed by atoms with E-state index in [1.807, 2.05) is 6.92 Å². The standard InChI is InChI=1S/C8H12N4O2/c1-2-5-4(3-6(13)14)7(9)12-8(10)11-5/h2-3H2,1H3,(H,13,14)(H4,9,10,11,12). The summed E-state index contributed by atoms with van der Waals surface area (Å²) in [5.41, 5.74) is 12.0. The van der Waals surface area contributed by atoms with Crippen molar-refractivity contribution in [2.45, 2.75) is 19.8 Å². The number of nitrogens with zero attached hydrogens (tertiary/aromatic N) is 2. The van der Waals surface area contributed by atoms with Crippen molar-refractivity contribution < 1.29 is 9.90 Å². The second-order valence-electron chi connectivity index (χ2n) is 2.82. The number of carbonyl (C=O) groups is 1. The van der Waals surface area contributed by atoms with Gasteiger partial charge in [0.2, 0.25) is 5.95 Å². The van der Waals surface area contributed by atoms with Gasteiger partial charge in [-0.2, -0.15) is 4.98 Å². The van der Waals surface area contributed by atoms with Gasteiger partial charge in [0.05, 0.1) is 12.1 Å². The minimum atomic E-state index is -0.959. The molecule has 0 radical (unpaired) electrons. The van der Waals surface area contributed by atoms with E-state index in [2.05, 4.69) is 9.97 Å². The molecule has 1 heterocycles. The van der Waals surface area contributed by atoms with Gasteiger partial charge in [-0.3, -0.25) is 4.79 Å². The summed E-state index contributed by atoms with van der Waals surface area (Å²) in [7, 11) is 0. The van der Waals surface area contributed by atoms with Crippen LogP contribution in [-0.4, -0.2) is 21.0 Å². The van der Waals surface area contributed by atoms with Gasteiger partial charge in [0.25, 0.3) is 0 Å². The van der Waals surface area contributed by atoms with Crippen LogP contribution in [0.2, 0.25) is 0 Å². The fourth-order valence-electron chi connectivity index (χ4n) is 1.21. The van der Waals surface area contributed by atoms with Gasteiger partial charge in [-0.25, -0.2) is 4.98 Å². The highest BCUT2D eigenvalue weighted by Crippen LogP contribution is 2.15. The van der Waals surface area contributed by atoms with Gasteiger partial charge in [-0.15, -0.1) is 0 Å². The molecule has 0 saturated heterocycles. The molecule has 76 valence electrons. The van der Waals surface area contributed by atoms with E-state index in [4.69, 9.17) is 16.6 Å². The van der Waals surface area contributed by atoms with Crippen molar-refractivity contribution in [3.8, 4) is 0 Å². The van der Waals surface area contributed by atoms with Crippen LogP contribution in [0.3, 0.4) is 0 Å². The molecule has 0 unspecified atom stereocenters. The zero-order chi connectivity index (χ0) is 10.7. The zero-order valence-corrected chi connectivity index (χ0v) is 7.82. The van der Waals surface area contributed by atoms with Crippen LogP contribution in [0.1, 0.15) is 18.2 Å². The van der Waals surface area contributed by atoms with Gasteiger partial charge in [-0.1, -0.05) is 6.92 Å². The van der Waals surface area contributed by atoms with E-state index >= 15 is 0 Å². The molecule has 0 atom stereocenters. The fraction of sp³-hybridized carbons (Fsp3) is 0.375. The van der Waals surface area contributed by atoms with Gasteiger partial charge in [0.1, 0.15) is 5.82 Å². The Balaban J connectivity index is 3.18. The van der Waals surface area contributed by atoms with Crippen molar-refractivity contribution in [2.75, 3.05) is 11.5 Å². The molecule has 0 aliphatic heterocycles. The lowest BCUT2D eigenvalue weighted by molar-refractivity contribution is -0.136. The fourth-order valence-corrected chi connectivity index (χ4v) is 1.21. The van der Waals surface area contributed by atoms with E-state index in [9.17, 15) is 4.79 Å². The number of rotatable bonds is 3. The average molecular weight is 196 g/mol. The third kappa shape index (κ3) is 2.09. The number of carboxylic acid groups (broad SMARTS) is 1. The molecule has 0 aliphatic carbocycles. The number of carboxylic acids is 1. The normalized spacial score (nSPS) is 10.1. The van der Waals surface area contributed by atoms with Gasteiger partial charge in [-0.05, 0) is 6.42 Å². The summed E-state index contributed by atoms with van der Waals surface area (Å²) in [4.78, 5) is 18.2. The second kappa shape index (κ2) is 3.91. The van der Waals surface area contributed by atoms with Crippen molar-refractivity contribution >= 4 is 17.7 Å². The summed E-state index contributed by atoms with van der Waals surface area (Å²) >= 11 is 0. The van der Waals surface area contributed by atoms with Crippen LogP contribution < -0.4 is 11.5 Å². The summed E-state index contributed by atoms with van der Waals surface area (Å²) in [5, 5.41) is 8.64. The van der Waals surface area contributed by atoms with Crippen molar-refractivity contribution in [2.24, 2.45) is 0 Å². The van der Waals surface area contributed by atoms with Crippen molar-refractivity contribution in [3.63, 3.8) is 0 Å². The van der Waals surface area contributed by atoms with Crippen molar-refractivity contribution in [1.82, 2.24) is 9.97 Å². The Labute approximate surface area is 81.0 Å². The monoisotopic (exact) mass is 196 g/mol. The molecule has 0 aliphatic rings. The van der Waals surface area contributed by atoms with E-state index in [0.29, 0.717) is 17.7 Å². The third-order valence-electron chi connectivity index (χ3n) is 1.80. The van der Waals surface area contributed by atoms with Crippen LogP contribution in [0, 0.1) is 0 Å². The third-order valence-corrected chi connectivity index (χ3v) is 1.80. The average Bonchev–Trinajstić information content (AvgIpc) is 2.08. The number of nitrogen functional groups attached to an aromatic ring is 2. The van der Waals surface area contributed by atoms with E-state index in [-0.39, 0.29) is 18.2 Å². The summed E-state index contributed by atoms with van der Waals surface area (Å²) in [6.45, 7) is 1.85. The zero-order valence-electron chi connectivity index (χ0n) is 7.82. The minimum Gasteiger partial charge on any atom is -0.481 e. The maximum Gasteiger partial charge on any atom is 0.308 e. The Morgan fingerprint density at radius 2 is 2.07 bits per heavy atom. The number of aliphatic carboxylic acids is 1. The molecule has 0 amide bonds. The first kappa shape index (κ1) is 10.2. The molecule has 5 N–H and O–H groups in total. The Morgan fingerprint density at radius 3 is 2.57 bits per heavy atom. The molecular formula is C8H12N4O2. The summed E-state index contributed by atoms with van der Waals surface area (Å²) in [6.07, 6.45) is 0.412. The maximum atomic E-state index is 10.5. The van der Waals surface area contributed by atoms with Crippen LogP contribution in [-0.2, 0) is 17.6 Å². The van der Waals surface area contributed by atoms with E-state index in [1.165, 1.54) is 0 Å². The Hall–Kier alpha value is -1.85. The van der Waals surface area contributed by atoms with Gasteiger partial charge in [0, 0.05) is 5.56 Å². The predicted octanol–water partition coefficient (Wildman–Crippen LogP) is -0.170. The van der Waals surface area contributed by atoms with E-state index in [1.54, 1.807) is 0 Å². The first-order valence-electron chi connectivity index (χ1n) is 4.17. The van der Waals surface area contributed by atoms with Crippen LogP contribution in [0.15, 0.2) is 0 Å². The lowest BCUT2D eigenvalue weighted by Crippen LogP contribution is -2.12. The Bertz CT molecular complexity index is 365. The van der Waals surface area contributed by atoms with Crippen LogP contribution in [0.5, 0.6) is 0 Å². The quantitative estimate of drug-likeness (QED) is 0.618. The predicted molar refractivity (Wildman–Crippen MR) is 51.6 cm³/mol. The summed E-state index contributed by atoms with van der Waals surface area (Å²) in [5.74, 6) is -0.731. The van der Waals surface area contributed by atoms with Gasteiger partial charge in [0.15, 0.2) is 0 Å². The molecule has 0 aromatic carbocycles. The largest absolute Gasteiger partial charge is 0.481 e. The number of aryl methyl sites for hydroxylation is 1.